The smallest absolute Gasteiger partial charge is 0.338 e. The molecule has 7 nitrogen and oxygen atoms in total. The predicted molar refractivity (Wildman–Crippen MR) is 97.2 cm³/mol. The van der Waals surface area contributed by atoms with Gasteiger partial charge in [-0.2, -0.15) is 5.10 Å². The Hall–Kier alpha value is -2.38. The predicted octanol–water partition coefficient (Wildman–Crippen LogP) is 2.14. The molecule has 1 aromatic heterocycles. The Labute approximate surface area is 156 Å². The highest BCUT2D eigenvalue weighted by Gasteiger charge is 2.26. The average Bonchev–Trinajstić information content (AvgIpc) is 3.13. The molecule has 0 spiro atoms. The fourth-order valence-electron chi connectivity index (χ4n) is 3.01. The van der Waals surface area contributed by atoms with E-state index in [0.29, 0.717) is 13.1 Å². The Morgan fingerprint density at radius 2 is 1.85 bits per heavy atom. The Bertz CT molecular complexity index is 782. The number of rotatable bonds is 5. The van der Waals surface area contributed by atoms with Crippen LogP contribution < -0.4 is 0 Å². The van der Waals surface area contributed by atoms with Gasteiger partial charge in [-0.05, 0) is 24.6 Å². The van der Waals surface area contributed by atoms with Crippen molar-refractivity contribution in [3.8, 4) is 0 Å². The summed E-state index contributed by atoms with van der Waals surface area (Å²) >= 11 is 5.91. The van der Waals surface area contributed by atoms with E-state index in [2.05, 4.69) is 10.00 Å². The van der Waals surface area contributed by atoms with E-state index >= 15 is 0 Å². The molecule has 1 amide bonds. The van der Waals surface area contributed by atoms with Gasteiger partial charge < -0.3 is 10.0 Å². The molecule has 1 atom stereocenters. The van der Waals surface area contributed by atoms with Crippen molar-refractivity contribution in [2.45, 2.75) is 19.5 Å². The van der Waals surface area contributed by atoms with Gasteiger partial charge in [-0.1, -0.05) is 23.7 Å². The molecule has 0 saturated carbocycles. The van der Waals surface area contributed by atoms with Crippen molar-refractivity contribution in [2.75, 3.05) is 26.2 Å². The van der Waals surface area contributed by atoms with Crippen LogP contribution in [-0.4, -0.2) is 62.7 Å². The summed E-state index contributed by atoms with van der Waals surface area (Å²) in [7, 11) is 0. The van der Waals surface area contributed by atoms with Crippen molar-refractivity contribution in [3.05, 3.63) is 52.8 Å². The van der Waals surface area contributed by atoms with Gasteiger partial charge in [0, 0.05) is 43.9 Å². The third kappa shape index (κ3) is 4.23. The van der Waals surface area contributed by atoms with Crippen LogP contribution >= 0.6 is 11.6 Å². The molecule has 1 aliphatic rings. The molecule has 2 aromatic rings. The fourth-order valence-corrected chi connectivity index (χ4v) is 3.14. The number of carbonyl (C=O) groups is 2. The minimum atomic E-state index is -1.05. The van der Waals surface area contributed by atoms with E-state index < -0.39 is 12.0 Å². The molecule has 1 aromatic carbocycles. The lowest BCUT2D eigenvalue weighted by molar-refractivity contribution is -0.136. The molecular formula is C18H21ClN4O3. The Morgan fingerprint density at radius 3 is 2.42 bits per heavy atom. The Balaban J connectivity index is 1.54. The molecule has 1 unspecified atom stereocenters. The number of halogens is 1. The summed E-state index contributed by atoms with van der Waals surface area (Å²) in [6.45, 7) is 5.44. The second kappa shape index (κ2) is 7.88. The van der Waals surface area contributed by atoms with Crippen LogP contribution in [0, 0.1) is 0 Å². The number of hydrogen-bond acceptors (Lipinski definition) is 4. The quantitative estimate of drug-likeness (QED) is 0.864. The van der Waals surface area contributed by atoms with Gasteiger partial charge in [-0.3, -0.25) is 14.4 Å². The van der Waals surface area contributed by atoms with E-state index in [9.17, 15) is 9.59 Å². The normalized spacial score (nSPS) is 16.5. The maximum Gasteiger partial charge on any atom is 0.338 e. The second-order valence-corrected chi connectivity index (χ2v) is 6.85. The van der Waals surface area contributed by atoms with Crippen molar-refractivity contribution in [2.24, 2.45) is 0 Å². The van der Waals surface area contributed by atoms with Crippen LogP contribution in [0.4, 0.5) is 0 Å². The van der Waals surface area contributed by atoms with Gasteiger partial charge in [0.25, 0.3) is 0 Å². The number of carbonyl (C=O) groups excluding carboxylic acids is 1. The monoisotopic (exact) mass is 376 g/mol. The zero-order valence-electron chi connectivity index (χ0n) is 14.5. The maximum atomic E-state index is 12.7. The Kier molecular flexibility index (Phi) is 5.58. The van der Waals surface area contributed by atoms with Crippen LogP contribution in [0.15, 0.2) is 36.7 Å². The lowest BCUT2D eigenvalue weighted by atomic mass is 10.2. The van der Waals surface area contributed by atoms with Crippen LogP contribution in [0.2, 0.25) is 5.02 Å². The first-order chi connectivity index (χ1) is 12.4. The van der Waals surface area contributed by atoms with Gasteiger partial charge in [-0.25, -0.2) is 4.79 Å². The van der Waals surface area contributed by atoms with Gasteiger partial charge in [0.2, 0.25) is 5.91 Å². The molecule has 8 heteroatoms. The lowest BCUT2D eigenvalue weighted by Crippen LogP contribution is -2.49. The number of aromatic nitrogens is 2. The van der Waals surface area contributed by atoms with Crippen LogP contribution in [0.3, 0.4) is 0 Å². The summed E-state index contributed by atoms with van der Waals surface area (Å²) in [5.41, 5.74) is 1.28. The summed E-state index contributed by atoms with van der Waals surface area (Å²) < 4.78 is 1.41. The largest absolute Gasteiger partial charge is 0.478 e. The molecule has 2 heterocycles. The van der Waals surface area contributed by atoms with E-state index in [1.54, 1.807) is 6.92 Å². The summed E-state index contributed by atoms with van der Waals surface area (Å²) in [5, 5.41) is 13.7. The van der Waals surface area contributed by atoms with Crippen molar-refractivity contribution in [3.63, 3.8) is 0 Å². The molecule has 3 rings (SSSR count). The van der Waals surface area contributed by atoms with Crippen LogP contribution in [0.5, 0.6) is 0 Å². The molecular weight excluding hydrogens is 356 g/mol. The standard InChI is InChI=1S/C18H21ClN4O3/c1-13(23-12-15(10-20-23)18(25)26)17(24)22-8-6-21(7-9-22)11-14-2-4-16(19)5-3-14/h2-5,10,12-13H,6-9,11H2,1H3,(H,25,26). The molecule has 138 valence electrons. The first kappa shape index (κ1) is 18.4. The maximum absolute atomic E-state index is 12.7. The number of benzene rings is 1. The van der Waals surface area contributed by atoms with E-state index in [1.807, 2.05) is 29.2 Å². The summed E-state index contributed by atoms with van der Waals surface area (Å²) in [4.78, 5) is 27.7. The number of amides is 1. The van der Waals surface area contributed by atoms with E-state index in [-0.39, 0.29) is 11.5 Å². The topological polar surface area (TPSA) is 78.7 Å². The fraction of sp³-hybridized carbons (Fsp3) is 0.389. The van der Waals surface area contributed by atoms with Gasteiger partial charge in [0.05, 0.1) is 11.8 Å². The van der Waals surface area contributed by atoms with E-state index in [0.717, 1.165) is 24.7 Å². The number of carboxylic acid groups (broad SMARTS) is 1. The number of piperazine rings is 1. The minimum Gasteiger partial charge on any atom is -0.478 e. The molecule has 26 heavy (non-hydrogen) atoms. The summed E-state index contributed by atoms with van der Waals surface area (Å²) in [6, 6.07) is 7.27. The molecule has 0 radical (unpaired) electrons. The van der Waals surface area contributed by atoms with Gasteiger partial charge in [-0.15, -0.1) is 0 Å². The van der Waals surface area contributed by atoms with Crippen molar-refractivity contribution in [1.82, 2.24) is 19.6 Å². The van der Waals surface area contributed by atoms with Gasteiger partial charge in [0.15, 0.2) is 0 Å². The first-order valence-corrected chi connectivity index (χ1v) is 8.85. The van der Waals surface area contributed by atoms with Crippen LogP contribution in [0.25, 0.3) is 0 Å². The second-order valence-electron chi connectivity index (χ2n) is 6.42. The third-order valence-electron chi connectivity index (χ3n) is 4.61. The zero-order chi connectivity index (χ0) is 18.7. The average molecular weight is 377 g/mol. The van der Waals surface area contributed by atoms with Gasteiger partial charge >= 0.3 is 5.97 Å². The summed E-state index contributed by atoms with van der Waals surface area (Å²) in [6.07, 6.45) is 2.65. The zero-order valence-corrected chi connectivity index (χ0v) is 15.3. The highest BCUT2D eigenvalue weighted by Crippen LogP contribution is 2.15. The Morgan fingerprint density at radius 1 is 1.19 bits per heavy atom. The molecule has 1 N–H and O–H groups in total. The third-order valence-corrected chi connectivity index (χ3v) is 4.86. The van der Waals surface area contributed by atoms with Crippen molar-refractivity contribution < 1.29 is 14.7 Å². The van der Waals surface area contributed by atoms with Gasteiger partial charge in [0.1, 0.15) is 6.04 Å². The van der Waals surface area contributed by atoms with E-state index in [1.165, 1.54) is 22.6 Å². The minimum absolute atomic E-state index is 0.0452. The molecule has 1 fully saturated rings. The van der Waals surface area contributed by atoms with E-state index in [4.69, 9.17) is 16.7 Å². The number of aromatic carboxylic acids is 1. The summed E-state index contributed by atoms with van der Waals surface area (Å²) in [5.74, 6) is -1.09. The number of nitrogens with zero attached hydrogens (tertiary/aromatic N) is 4. The molecule has 1 aliphatic heterocycles. The molecule has 0 aliphatic carbocycles. The van der Waals surface area contributed by atoms with Crippen molar-refractivity contribution in [1.29, 1.82) is 0 Å². The van der Waals surface area contributed by atoms with Crippen LogP contribution in [0.1, 0.15) is 28.9 Å². The molecule has 1 saturated heterocycles. The van der Waals surface area contributed by atoms with Crippen molar-refractivity contribution >= 4 is 23.5 Å². The molecule has 0 bridgehead atoms. The number of hydrogen-bond donors (Lipinski definition) is 1. The SMILES string of the molecule is CC(C(=O)N1CCN(Cc2ccc(Cl)cc2)CC1)n1cc(C(=O)O)cn1. The highest BCUT2D eigenvalue weighted by atomic mass is 35.5. The lowest BCUT2D eigenvalue weighted by Gasteiger charge is -2.36. The first-order valence-electron chi connectivity index (χ1n) is 8.47. The number of carboxylic acids is 1. The van der Waals surface area contributed by atoms with Crippen LogP contribution in [-0.2, 0) is 11.3 Å². The highest BCUT2D eigenvalue weighted by molar-refractivity contribution is 6.30.